The number of benzene rings is 1. The van der Waals surface area contributed by atoms with E-state index in [2.05, 4.69) is 10.2 Å². The molecular weight excluding hydrogens is 191 g/mol. The van der Waals surface area contributed by atoms with Crippen LogP contribution in [0.15, 0.2) is 18.2 Å². The van der Waals surface area contributed by atoms with E-state index in [9.17, 15) is 4.39 Å². The van der Waals surface area contributed by atoms with Crippen LogP contribution >= 0.6 is 0 Å². The molecule has 0 aromatic heterocycles. The van der Waals surface area contributed by atoms with Gasteiger partial charge in [-0.1, -0.05) is 12.1 Å². The molecule has 82 valence electrons. The summed E-state index contributed by atoms with van der Waals surface area (Å²) in [5.74, 6) is -0.0875. The molecule has 1 aromatic rings. The third kappa shape index (κ3) is 2.19. The fourth-order valence-corrected chi connectivity index (χ4v) is 2.06. The van der Waals surface area contributed by atoms with Crippen LogP contribution in [0, 0.1) is 12.7 Å². The van der Waals surface area contributed by atoms with Gasteiger partial charge >= 0.3 is 0 Å². The van der Waals surface area contributed by atoms with Crippen molar-refractivity contribution in [3.63, 3.8) is 0 Å². The molecule has 0 amide bonds. The molecule has 1 heterocycles. The summed E-state index contributed by atoms with van der Waals surface area (Å²) < 4.78 is 13.8. The summed E-state index contributed by atoms with van der Waals surface area (Å²) >= 11 is 0. The number of rotatable bonds is 1. The van der Waals surface area contributed by atoms with E-state index >= 15 is 0 Å². The summed E-state index contributed by atoms with van der Waals surface area (Å²) in [5.41, 5.74) is 1.78. The number of piperazine rings is 1. The quantitative estimate of drug-likeness (QED) is 0.756. The van der Waals surface area contributed by atoms with Gasteiger partial charge in [0.15, 0.2) is 0 Å². The van der Waals surface area contributed by atoms with E-state index in [1.807, 2.05) is 26.1 Å². The Kier molecular flexibility index (Phi) is 3.03. The van der Waals surface area contributed by atoms with Gasteiger partial charge in [0.2, 0.25) is 0 Å². The summed E-state index contributed by atoms with van der Waals surface area (Å²) in [7, 11) is 2.05. The SMILES string of the molecule is Cc1ccc(C2CNCCN2C)c(F)c1. The van der Waals surface area contributed by atoms with Gasteiger partial charge in [-0.15, -0.1) is 0 Å². The summed E-state index contributed by atoms with van der Waals surface area (Å²) in [5, 5.41) is 3.30. The van der Waals surface area contributed by atoms with Gasteiger partial charge in [0.05, 0.1) is 0 Å². The van der Waals surface area contributed by atoms with E-state index in [-0.39, 0.29) is 11.9 Å². The van der Waals surface area contributed by atoms with Gasteiger partial charge in [-0.25, -0.2) is 4.39 Å². The second-order valence-electron chi connectivity index (χ2n) is 4.23. The maximum atomic E-state index is 13.8. The smallest absolute Gasteiger partial charge is 0.128 e. The highest BCUT2D eigenvalue weighted by Crippen LogP contribution is 2.23. The highest BCUT2D eigenvalue weighted by Gasteiger charge is 2.22. The van der Waals surface area contributed by atoms with E-state index in [4.69, 9.17) is 0 Å². The molecule has 1 aliphatic heterocycles. The van der Waals surface area contributed by atoms with Gasteiger partial charge in [0.1, 0.15) is 5.82 Å². The summed E-state index contributed by atoms with van der Waals surface area (Å²) in [6.07, 6.45) is 0. The van der Waals surface area contributed by atoms with E-state index in [0.29, 0.717) is 0 Å². The van der Waals surface area contributed by atoms with Crippen LogP contribution in [-0.4, -0.2) is 31.6 Å². The number of likely N-dealkylation sites (N-methyl/N-ethyl adjacent to an activating group) is 1. The van der Waals surface area contributed by atoms with Gasteiger partial charge in [-0.2, -0.15) is 0 Å². The third-order valence-electron chi connectivity index (χ3n) is 3.03. The number of nitrogens with one attached hydrogen (secondary N) is 1. The molecule has 1 saturated heterocycles. The molecule has 1 fully saturated rings. The number of hydrogen-bond acceptors (Lipinski definition) is 2. The number of hydrogen-bond donors (Lipinski definition) is 1. The number of aryl methyl sites for hydroxylation is 1. The first-order valence-corrected chi connectivity index (χ1v) is 5.35. The lowest BCUT2D eigenvalue weighted by Crippen LogP contribution is -2.44. The first-order valence-electron chi connectivity index (χ1n) is 5.35. The highest BCUT2D eigenvalue weighted by atomic mass is 19.1. The average Bonchev–Trinajstić information content (AvgIpc) is 2.20. The summed E-state index contributed by atoms with van der Waals surface area (Å²) in [6.45, 7) is 4.70. The third-order valence-corrected chi connectivity index (χ3v) is 3.03. The molecule has 0 spiro atoms. The Labute approximate surface area is 90.1 Å². The minimum Gasteiger partial charge on any atom is -0.314 e. The van der Waals surface area contributed by atoms with Crippen LogP contribution in [0.3, 0.4) is 0 Å². The summed E-state index contributed by atoms with van der Waals surface area (Å²) in [6, 6.07) is 5.65. The molecule has 0 aliphatic carbocycles. The van der Waals surface area contributed by atoms with E-state index in [1.165, 1.54) is 0 Å². The normalized spacial score (nSPS) is 23.0. The molecule has 1 aliphatic rings. The van der Waals surface area contributed by atoms with Gasteiger partial charge in [0, 0.05) is 31.2 Å². The average molecular weight is 208 g/mol. The molecule has 15 heavy (non-hydrogen) atoms. The first kappa shape index (κ1) is 10.6. The van der Waals surface area contributed by atoms with E-state index in [0.717, 1.165) is 30.8 Å². The lowest BCUT2D eigenvalue weighted by Gasteiger charge is -2.33. The second-order valence-corrected chi connectivity index (χ2v) is 4.23. The lowest BCUT2D eigenvalue weighted by atomic mass is 10.0. The van der Waals surface area contributed by atoms with E-state index < -0.39 is 0 Å². The Bertz CT molecular complexity index is 351. The van der Waals surface area contributed by atoms with Gasteiger partial charge in [-0.05, 0) is 25.6 Å². The van der Waals surface area contributed by atoms with Crippen molar-refractivity contribution in [1.29, 1.82) is 0 Å². The van der Waals surface area contributed by atoms with Crippen LogP contribution < -0.4 is 5.32 Å². The Hall–Kier alpha value is -0.930. The van der Waals surface area contributed by atoms with Gasteiger partial charge in [-0.3, -0.25) is 4.90 Å². The molecule has 0 bridgehead atoms. The van der Waals surface area contributed by atoms with Gasteiger partial charge in [0.25, 0.3) is 0 Å². The predicted octanol–water partition coefficient (Wildman–Crippen LogP) is 1.71. The van der Waals surface area contributed by atoms with Crippen molar-refractivity contribution in [3.8, 4) is 0 Å². The van der Waals surface area contributed by atoms with Crippen molar-refractivity contribution in [3.05, 3.63) is 35.1 Å². The monoisotopic (exact) mass is 208 g/mol. The van der Waals surface area contributed by atoms with Crippen molar-refractivity contribution in [2.75, 3.05) is 26.7 Å². The minimum absolute atomic E-state index is 0.0875. The predicted molar refractivity (Wildman–Crippen MR) is 59.4 cm³/mol. The fraction of sp³-hybridized carbons (Fsp3) is 0.500. The molecule has 0 saturated carbocycles. The summed E-state index contributed by atoms with van der Waals surface area (Å²) in [4.78, 5) is 2.20. The first-order chi connectivity index (χ1) is 7.18. The Morgan fingerprint density at radius 2 is 2.27 bits per heavy atom. The van der Waals surface area contributed by atoms with Crippen molar-refractivity contribution in [2.45, 2.75) is 13.0 Å². The lowest BCUT2D eigenvalue weighted by molar-refractivity contribution is 0.198. The highest BCUT2D eigenvalue weighted by molar-refractivity contribution is 5.26. The zero-order valence-electron chi connectivity index (χ0n) is 9.26. The van der Waals surface area contributed by atoms with Crippen LogP contribution in [0.5, 0.6) is 0 Å². The molecule has 1 unspecified atom stereocenters. The van der Waals surface area contributed by atoms with E-state index in [1.54, 1.807) is 6.07 Å². The van der Waals surface area contributed by atoms with Crippen molar-refractivity contribution in [1.82, 2.24) is 10.2 Å². The molecule has 1 aromatic carbocycles. The van der Waals surface area contributed by atoms with Crippen LogP contribution in [-0.2, 0) is 0 Å². The number of nitrogens with zero attached hydrogens (tertiary/aromatic N) is 1. The van der Waals surface area contributed by atoms with Crippen molar-refractivity contribution < 1.29 is 4.39 Å². The van der Waals surface area contributed by atoms with Crippen LogP contribution in [0.4, 0.5) is 4.39 Å². The molecule has 1 atom stereocenters. The Morgan fingerprint density at radius 3 is 2.93 bits per heavy atom. The van der Waals surface area contributed by atoms with Crippen LogP contribution in [0.25, 0.3) is 0 Å². The molecule has 2 nitrogen and oxygen atoms in total. The minimum atomic E-state index is -0.0875. The van der Waals surface area contributed by atoms with Crippen molar-refractivity contribution >= 4 is 0 Å². The molecule has 1 N–H and O–H groups in total. The Morgan fingerprint density at radius 1 is 1.47 bits per heavy atom. The molecule has 0 radical (unpaired) electrons. The molecule has 3 heteroatoms. The largest absolute Gasteiger partial charge is 0.314 e. The maximum absolute atomic E-state index is 13.8. The Balaban J connectivity index is 2.27. The van der Waals surface area contributed by atoms with Crippen molar-refractivity contribution in [2.24, 2.45) is 0 Å². The number of halogens is 1. The van der Waals surface area contributed by atoms with Gasteiger partial charge < -0.3 is 5.32 Å². The zero-order valence-corrected chi connectivity index (χ0v) is 9.26. The molecular formula is C12H17FN2. The maximum Gasteiger partial charge on any atom is 0.128 e. The van der Waals surface area contributed by atoms with Crippen LogP contribution in [0.2, 0.25) is 0 Å². The molecule has 2 rings (SSSR count). The fourth-order valence-electron chi connectivity index (χ4n) is 2.06. The zero-order chi connectivity index (χ0) is 10.8. The standard InChI is InChI=1S/C12H17FN2/c1-9-3-4-10(11(13)7-9)12-8-14-5-6-15(12)2/h3-4,7,12,14H,5-6,8H2,1-2H3. The second kappa shape index (κ2) is 4.29. The topological polar surface area (TPSA) is 15.3 Å². The van der Waals surface area contributed by atoms with Crippen LogP contribution in [0.1, 0.15) is 17.2 Å².